The van der Waals surface area contributed by atoms with Gasteiger partial charge >= 0.3 is 5.51 Å². The lowest BCUT2D eigenvalue weighted by Gasteiger charge is -2.12. The summed E-state index contributed by atoms with van der Waals surface area (Å²) >= 11 is 0. The quantitative estimate of drug-likeness (QED) is 0.834. The van der Waals surface area contributed by atoms with E-state index in [4.69, 9.17) is 9.26 Å². The van der Waals surface area contributed by atoms with Gasteiger partial charge in [0.05, 0.1) is 0 Å². The minimum absolute atomic E-state index is 0.0380. The van der Waals surface area contributed by atoms with Crippen LogP contribution in [0, 0.1) is 0 Å². The summed E-state index contributed by atoms with van der Waals surface area (Å²) in [4.78, 5) is 2.95. The number of para-hydroxylation sites is 1. The van der Waals surface area contributed by atoms with Gasteiger partial charge in [-0.3, -0.25) is 0 Å². The molecule has 0 aliphatic rings. The van der Waals surface area contributed by atoms with E-state index in [2.05, 4.69) is 10.1 Å². The summed E-state index contributed by atoms with van der Waals surface area (Å²) in [5, 5.41) is 3.59. The Bertz CT molecular complexity index is 756. The SMILES string of the molecule is CCc1noc(COc2ccccc2S(=O)(=O)C(F)(F)F)n1. The smallest absolute Gasteiger partial charge is 0.482 e. The molecule has 0 N–H and O–H groups in total. The van der Waals surface area contributed by atoms with E-state index in [-0.39, 0.29) is 12.5 Å². The van der Waals surface area contributed by atoms with Crippen molar-refractivity contribution in [2.24, 2.45) is 0 Å². The van der Waals surface area contributed by atoms with E-state index in [1.54, 1.807) is 6.92 Å². The molecule has 0 aliphatic heterocycles. The Morgan fingerprint density at radius 2 is 1.95 bits per heavy atom. The Kier molecular flexibility index (Phi) is 4.40. The van der Waals surface area contributed by atoms with Gasteiger partial charge in [-0.2, -0.15) is 18.2 Å². The average molecular weight is 336 g/mol. The molecule has 0 fully saturated rings. The van der Waals surface area contributed by atoms with E-state index in [0.717, 1.165) is 12.1 Å². The van der Waals surface area contributed by atoms with E-state index in [0.29, 0.717) is 12.2 Å². The van der Waals surface area contributed by atoms with Crippen molar-refractivity contribution in [3.63, 3.8) is 0 Å². The van der Waals surface area contributed by atoms with Crippen molar-refractivity contribution in [3.8, 4) is 5.75 Å². The van der Waals surface area contributed by atoms with Crippen LogP contribution >= 0.6 is 0 Å². The molecule has 22 heavy (non-hydrogen) atoms. The number of alkyl halides is 3. The first-order valence-electron chi connectivity index (χ1n) is 6.10. The molecule has 1 aromatic heterocycles. The number of hydrogen-bond donors (Lipinski definition) is 0. The molecule has 0 spiro atoms. The number of ether oxygens (including phenoxy) is 1. The largest absolute Gasteiger partial charge is 0.502 e. The molecule has 0 saturated heterocycles. The van der Waals surface area contributed by atoms with Gasteiger partial charge in [-0.05, 0) is 12.1 Å². The molecule has 1 aromatic carbocycles. The summed E-state index contributed by atoms with van der Waals surface area (Å²) in [6, 6.07) is 4.47. The standard InChI is InChI=1S/C12H11F3N2O4S/c1-2-10-16-11(21-17-10)7-20-8-5-3-4-6-9(8)22(18,19)12(13,14)15/h3-6H,2,7H2,1H3. The molecule has 1 heterocycles. The fourth-order valence-electron chi connectivity index (χ4n) is 1.55. The van der Waals surface area contributed by atoms with Crippen LogP contribution in [0.15, 0.2) is 33.7 Å². The topological polar surface area (TPSA) is 82.3 Å². The van der Waals surface area contributed by atoms with Gasteiger partial charge in [-0.25, -0.2) is 8.42 Å². The average Bonchev–Trinajstić information content (AvgIpc) is 2.92. The van der Waals surface area contributed by atoms with Crippen LogP contribution in [0.4, 0.5) is 13.2 Å². The van der Waals surface area contributed by atoms with Crippen molar-refractivity contribution in [3.05, 3.63) is 36.0 Å². The molecule has 0 radical (unpaired) electrons. The molecule has 2 aromatic rings. The number of rotatable bonds is 5. The summed E-state index contributed by atoms with van der Waals surface area (Å²) in [7, 11) is -5.50. The number of aromatic nitrogens is 2. The van der Waals surface area contributed by atoms with Crippen LogP contribution in [0.1, 0.15) is 18.6 Å². The lowest BCUT2D eigenvalue weighted by atomic mass is 10.3. The second-order valence-electron chi connectivity index (χ2n) is 4.14. The minimum atomic E-state index is -5.50. The van der Waals surface area contributed by atoms with Crippen molar-refractivity contribution in [2.75, 3.05) is 0 Å². The normalized spacial score (nSPS) is 12.4. The van der Waals surface area contributed by atoms with Gasteiger partial charge in [0.25, 0.3) is 15.7 Å². The molecule has 0 saturated carbocycles. The molecular formula is C12H11F3N2O4S. The first-order chi connectivity index (χ1) is 10.3. The Morgan fingerprint density at radius 3 is 2.55 bits per heavy atom. The van der Waals surface area contributed by atoms with Gasteiger partial charge < -0.3 is 9.26 Å². The van der Waals surface area contributed by atoms with Crippen LogP contribution in [0.5, 0.6) is 5.75 Å². The van der Waals surface area contributed by atoms with Crippen LogP contribution in [0.2, 0.25) is 0 Å². The van der Waals surface area contributed by atoms with E-state index in [1.165, 1.54) is 12.1 Å². The van der Waals surface area contributed by atoms with E-state index >= 15 is 0 Å². The summed E-state index contributed by atoms with van der Waals surface area (Å²) in [6.07, 6.45) is 0.516. The highest BCUT2D eigenvalue weighted by molar-refractivity contribution is 7.92. The van der Waals surface area contributed by atoms with E-state index in [9.17, 15) is 21.6 Å². The molecule has 0 bridgehead atoms. The molecular weight excluding hydrogens is 325 g/mol. The lowest BCUT2D eigenvalue weighted by molar-refractivity contribution is -0.0437. The van der Waals surface area contributed by atoms with Crippen molar-refractivity contribution in [1.29, 1.82) is 0 Å². The highest BCUT2D eigenvalue weighted by atomic mass is 32.2. The van der Waals surface area contributed by atoms with Crippen molar-refractivity contribution in [1.82, 2.24) is 10.1 Å². The minimum Gasteiger partial charge on any atom is -0.482 e. The van der Waals surface area contributed by atoms with Gasteiger partial charge in [0, 0.05) is 6.42 Å². The number of sulfone groups is 1. The van der Waals surface area contributed by atoms with E-state index in [1.807, 2.05) is 0 Å². The van der Waals surface area contributed by atoms with Crippen LogP contribution in [0.25, 0.3) is 0 Å². The zero-order valence-electron chi connectivity index (χ0n) is 11.3. The number of aryl methyl sites for hydroxylation is 1. The third-order valence-corrected chi connectivity index (χ3v) is 4.15. The van der Waals surface area contributed by atoms with Crippen molar-refractivity contribution in [2.45, 2.75) is 30.4 Å². The maximum atomic E-state index is 12.6. The monoisotopic (exact) mass is 336 g/mol. The summed E-state index contributed by atoms with van der Waals surface area (Å²) in [6.45, 7) is 1.46. The second-order valence-corrected chi connectivity index (χ2v) is 6.05. The molecule has 10 heteroatoms. The molecule has 0 unspecified atom stereocenters. The Labute approximate surface area is 123 Å². The zero-order valence-corrected chi connectivity index (χ0v) is 12.1. The first-order valence-corrected chi connectivity index (χ1v) is 7.58. The Morgan fingerprint density at radius 1 is 1.27 bits per heavy atom. The summed E-state index contributed by atoms with van der Waals surface area (Å²) < 4.78 is 70.7. The zero-order chi connectivity index (χ0) is 16.4. The predicted molar refractivity (Wildman–Crippen MR) is 67.7 cm³/mol. The molecule has 6 nitrogen and oxygen atoms in total. The number of benzene rings is 1. The first kappa shape index (κ1) is 16.3. The van der Waals surface area contributed by atoms with Crippen molar-refractivity contribution >= 4 is 9.84 Å². The third kappa shape index (κ3) is 3.21. The highest BCUT2D eigenvalue weighted by Gasteiger charge is 2.48. The Balaban J connectivity index is 2.26. The van der Waals surface area contributed by atoms with Crippen LogP contribution in [-0.4, -0.2) is 24.1 Å². The predicted octanol–water partition coefficient (Wildman–Crippen LogP) is 2.50. The molecule has 0 atom stereocenters. The molecule has 2 rings (SSSR count). The third-order valence-electron chi connectivity index (χ3n) is 2.62. The van der Waals surface area contributed by atoms with Gasteiger partial charge in [0.1, 0.15) is 10.6 Å². The maximum absolute atomic E-state index is 12.6. The second kappa shape index (κ2) is 5.95. The molecule has 0 amide bonds. The highest BCUT2D eigenvalue weighted by Crippen LogP contribution is 2.35. The lowest BCUT2D eigenvalue weighted by Crippen LogP contribution is -2.23. The van der Waals surface area contributed by atoms with Gasteiger partial charge in [-0.15, -0.1) is 0 Å². The van der Waals surface area contributed by atoms with Gasteiger partial charge in [0.2, 0.25) is 0 Å². The summed E-state index contributed by atoms with van der Waals surface area (Å²) in [5.41, 5.74) is -5.41. The van der Waals surface area contributed by atoms with Gasteiger partial charge in [0.15, 0.2) is 12.4 Å². The van der Waals surface area contributed by atoms with Crippen LogP contribution in [-0.2, 0) is 22.9 Å². The van der Waals surface area contributed by atoms with Gasteiger partial charge in [-0.1, -0.05) is 24.2 Å². The Hall–Kier alpha value is -2.10. The summed E-state index contributed by atoms with van der Waals surface area (Å²) in [5.74, 6) is 0.0157. The molecule has 0 aliphatic carbocycles. The van der Waals surface area contributed by atoms with Crippen LogP contribution < -0.4 is 4.74 Å². The number of hydrogen-bond acceptors (Lipinski definition) is 6. The number of nitrogens with zero attached hydrogens (tertiary/aromatic N) is 2. The fourth-order valence-corrected chi connectivity index (χ4v) is 2.45. The van der Waals surface area contributed by atoms with Crippen molar-refractivity contribution < 1.29 is 30.8 Å². The molecule has 120 valence electrons. The fraction of sp³-hybridized carbons (Fsp3) is 0.333. The van der Waals surface area contributed by atoms with Crippen LogP contribution in [0.3, 0.4) is 0 Å². The number of halogens is 3. The van der Waals surface area contributed by atoms with E-state index < -0.39 is 26.0 Å². The maximum Gasteiger partial charge on any atom is 0.502 e.